The molecule has 2 N–H and O–H groups in total. The Balaban J connectivity index is 1.92. The van der Waals surface area contributed by atoms with Crippen LogP contribution in [0.25, 0.3) is 0 Å². The van der Waals surface area contributed by atoms with Gasteiger partial charge in [0, 0.05) is 25.1 Å². The summed E-state index contributed by atoms with van der Waals surface area (Å²) in [6.07, 6.45) is 5.52. The summed E-state index contributed by atoms with van der Waals surface area (Å²) in [6, 6.07) is 1.90. The summed E-state index contributed by atoms with van der Waals surface area (Å²) in [5.41, 5.74) is 6.23. The summed E-state index contributed by atoms with van der Waals surface area (Å²) >= 11 is 0. The smallest absolute Gasteiger partial charge is 0.0962 e. The van der Waals surface area contributed by atoms with E-state index < -0.39 is 0 Å². The Hall–Kier alpha value is -1.69. The van der Waals surface area contributed by atoms with E-state index in [1.165, 1.54) is 0 Å². The monoisotopic (exact) mass is 192 g/mol. The van der Waals surface area contributed by atoms with E-state index in [1.54, 1.807) is 10.9 Å². The van der Waals surface area contributed by atoms with Gasteiger partial charge in [0.2, 0.25) is 0 Å². The maximum atomic E-state index is 5.42. The lowest BCUT2D eigenvalue weighted by Crippen LogP contribution is -2.08. The summed E-state index contributed by atoms with van der Waals surface area (Å²) in [5, 5.41) is 11.9. The van der Waals surface area contributed by atoms with Crippen LogP contribution in [-0.4, -0.2) is 24.8 Å². The molecule has 0 radical (unpaired) electrons. The van der Waals surface area contributed by atoms with Gasteiger partial charge in [-0.15, -0.1) is 5.10 Å². The van der Waals surface area contributed by atoms with Gasteiger partial charge >= 0.3 is 0 Å². The normalized spacial score (nSPS) is 10.6. The lowest BCUT2D eigenvalue weighted by Gasteiger charge is -1.99. The van der Waals surface area contributed by atoms with Crippen molar-refractivity contribution < 1.29 is 0 Å². The zero-order valence-electron chi connectivity index (χ0n) is 7.74. The van der Waals surface area contributed by atoms with Crippen molar-refractivity contribution in [3.05, 3.63) is 30.4 Å². The first kappa shape index (κ1) is 8.89. The maximum Gasteiger partial charge on any atom is 0.0962 e. The number of aryl methyl sites for hydroxylation is 2. The van der Waals surface area contributed by atoms with E-state index in [9.17, 15) is 0 Å². The highest BCUT2D eigenvalue weighted by Crippen LogP contribution is 1.92. The van der Waals surface area contributed by atoms with E-state index in [0.29, 0.717) is 6.54 Å². The Morgan fingerprint density at radius 1 is 1.29 bits per heavy atom. The van der Waals surface area contributed by atoms with E-state index in [4.69, 9.17) is 5.73 Å². The number of nitrogens with zero attached hydrogens (tertiary/aromatic N) is 5. The summed E-state index contributed by atoms with van der Waals surface area (Å²) in [7, 11) is 0. The fourth-order valence-electron chi connectivity index (χ4n) is 1.18. The minimum absolute atomic E-state index is 0.432. The molecule has 0 amide bonds. The van der Waals surface area contributed by atoms with Crippen LogP contribution in [0.1, 0.15) is 5.69 Å². The van der Waals surface area contributed by atoms with Crippen molar-refractivity contribution in [3.63, 3.8) is 0 Å². The topological polar surface area (TPSA) is 74.5 Å². The van der Waals surface area contributed by atoms with Gasteiger partial charge in [-0.25, -0.2) is 0 Å². The summed E-state index contributed by atoms with van der Waals surface area (Å²) in [5.74, 6) is 0. The van der Waals surface area contributed by atoms with Gasteiger partial charge in [0.1, 0.15) is 0 Å². The lowest BCUT2D eigenvalue weighted by atomic mass is 10.5. The van der Waals surface area contributed by atoms with Crippen LogP contribution in [0, 0.1) is 0 Å². The van der Waals surface area contributed by atoms with Gasteiger partial charge in [0.15, 0.2) is 0 Å². The second kappa shape index (κ2) is 4.01. The van der Waals surface area contributed by atoms with Gasteiger partial charge in [-0.3, -0.25) is 9.36 Å². The van der Waals surface area contributed by atoms with Crippen LogP contribution in [0.15, 0.2) is 24.7 Å². The molecule has 0 aromatic carbocycles. The van der Waals surface area contributed by atoms with Gasteiger partial charge in [0.05, 0.1) is 18.8 Å². The molecule has 0 saturated carbocycles. The van der Waals surface area contributed by atoms with Gasteiger partial charge in [-0.2, -0.15) is 5.10 Å². The van der Waals surface area contributed by atoms with E-state index in [1.807, 2.05) is 23.1 Å². The third-order valence-corrected chi connectivity index (χ3v) is 1.91. The summed E-state index contributed by atoms with van der Waals surface area (Å²) in [6.45, 7) is 1.98. The lowest BCUT2D eigenvalue weighted by molar-refractivity contribution is 0.490. The average molecular weight is 192 g/mol. The Labute approximate surface area is 81.3 Å². The number of aromatic nitrogens is 5. The Morgan fingerprint density at radius 3 is 2.79 bits per heavy atom. The zero-order chi connectivity index (χ0) is 9.80. The van der Waals surface area contributed by atoms with Crippen LogP contribution in [-0.2, 0) is 19.6 Å². The van der Waals surface area contributed by atoms with Gasteiger partial charge in [-0.1, -0.05) is 5.21 Å². The molecular weight excluding hydrogens is 180 g/mol. The predicted molar refractivity (Wildman–Crippen MR) is 50.1 cm³/mol. The second-order valence-electron chi connectivity index (χ2n) is 2.95. The maximum absolute atomic E-state index is 5.42. The molecule has 0 aliphatic rings. The molecule has 14 heavy (non-hydrogen) atoms. The van der Waals surface area contributed by atoms with Gasteiger partial charge in [-0.05, 0) is 6.07 Å². The number of rotatable bonds is 4. The fraction of sp³-hybridized carbons (Fsp3) is 0.375. The van der Waals surface area contributed by atoms with Crippen molar-refractivity contribution in [2.75, 3.05) is 0 Å². The van der Waals surface area contributed by atoms with Crippen LogP contribution in [0.5, 0.6) is 0 Å². The van der Waals surface area contributed by atoms with Crippen molar-refractivity contribution >= 4 is 0 Å². The molecule has 0 spiro atoms. The van der Waals surface area contributed by atoms with Crippen LogP contribution < -0.4 is 5.73 Å². The number of hydrogen-bond acceptors (Lipinski definition) is 4. The quantitative estimate of drug-likeness (QED) is 0.717. The van der Waals surface area contributed by atoms with Crippen LogP contribution in [0.4, 0.5) is 0 Å². The van der Waals surface area contributed by atoms with Crippen molar-refractivity contribution in [2.45, 2.75) is 19.6 Å². The molecule has 0 saturated heterocycles. The van der Waals surface area contributed by atoms with Crippen molar-refractivity contribution in [2.24, 2.45) is 5.73 Å². The highest BCUT2D eigenvalue weighted by atomic mass is 15.4. The van der Waals surface area contributed by atoms with Crippen LogP contribution in [0.3, 0.4) is 0 Å². The average Bonchev–Trinajstić information content (AvgIpc) is 2.86. The third-order valence-electron chi connectivity index (χ3n) is 1.91. The highest BCUT2D eigenvalue weighted by molar-refractivity contribution is 4.90. The Morgan fingerprint density at radius 2 is 2.14 bits per heavy atom. The van der Waals surface area contributed by atoms with Crippen LogP contribution >= 0.6 is 0 Å². The predicted octanol–water partition coefficient (Wildman–Crippen LogP) is -0.367. The minimum Gasteiger partial charge on any atom is -0.325 e. The molecular formula is C8H12N6. The molecule has 0 atom stereocenters. The minimum atomic E-state index is 0.432. The van der Waals surface area contributed by atoms with E-state index in [-0.39, 0.29) is 0 Å². The van der Waals surface area contributed by atoms with Crippen molar-refractivity contribution in [3.8, 4) is 0 Å². The van der Waals surface area contributed by atoms with E-state index >= 15 is 0 Å². The first-order valence-corrected chi connectivity index (χ1v) is 4.45. The van der Waals surface area contributed by atoms with Crippen molar-refractivity contribution in [1.82, 2.24) is 24.8 Å². The number of hydrogen-bond donors (Lipinski definition) is 1. The molecule has 2 aromatic heterocycles. The third kappa shape index (κ3) is 1.97. The van der Waals surface area contributed by atoms with Gasteiger partial charge in [0.25, 0.3) is 0 Å². The molecule has 74 valence electrons. The van der Waals surface area contributed by atoms with E-state index in [0.717, 1.165) is 18.8 Å². The highest BCUT2D eigenvalue weighted by Gasteiger charge is 1.98. The van der Waals surface area contributed by atoms with E-state index in [2.05, 4.69) is 15.4 Å². The molecule has 2 rings (SSSR count). The molecule has 0 unspecified atom stereocenters. The first-order chi connectivity index (χ1) is 6.88. The summed E-state index contributed by atoms with van der Waals surface area (Å²) < 4.78 is 3.62. The molecule has 0 fully saturated rings. The molecule has 2 aromatic rings. The second-order valence-corrected chi connectivity index (χ2v) is 2.95. The van der Waals surface area contributed by atoms with Crippen LogP contribution in [0.2, 0.25) is 0 Å². The molecule has 0 bridgehead atoms. The summed E-state index contributed by atoms with van der Waals surface area (Å²) in [4.78, 5) is 0. The molecule has 0 aliphatic carbocycles. The van der Waals surface area contributed by atoms with Crippen molar-refractivity contribution in [1.29, 1.82) is 0 Å². The first-order valence-electron chi connectivity index (χ1n) is 4.45. The molecule has 6 heteroatoms. The molecule has 6 nitrogen and oxygen atoms in total. The molecule has 2 heterocycles. The Bertz CT molecular complexity index is 376. The Kier molecular flexibility index (Phi) is 2.55. The standard InChI is InChI=1S/C8H12N6/c9-6-8-7-14(12-11-8)5-4-13-3-1-2-10-13/h1-3,7H,4-6,9H2. The SMILES string of the molecule is NCc1cn(CCn2cccn2)nn1. The van der Waals surface area contributed by atoms with Gasteiger partial charge < -0.3 is 5.73 Å². The fourth-order valence-corrected chi connectivity index (χ4v) is 1.18. The number of nitrogens with two attached hydrogens (primary N) is 1. The zero-order valence-corrected chi connectivity index (χ0v) is 7.74. The molecule has 0 aliphatic heterocycles. The largest absolute Gasteiger partial charge is 0.325 e.